The van der Waals surface area contributed by atoms with Gasteiger partial charge in [-0.3, -0.25) is 14.2 Å². The van der Waals surface area contributed by atoms with Gasteiger partial charge in [0.1, 0.15) is 6.54 Å². The van der Waals surface area contributed by atoms with E-state index >= 15 is 0 Å². The SMILES string of the molecule is CC(C)Cn1c(SC(C)C(=O)NCC(F)(F)F)nc2ccc(Br)cc2c1=O. The second kappa shape index (κ2) is 8.64. The topological polar surface area (TPSA) is 64.0 Å². The van der Waals surface area contributed by atoms with Gasteiger partial charge in [0.05, 0.1) is 16.2 Å². The van der Waals surface area contributed by atoms with Gasteiger partial charge in [0, 0.05) is 11.0 Å². The molecular weight excluding hydrogens is 447 g/mol. The maximum atomic E-state index is 12.9. The predicted molar refractivity (Wildman–Crippen MR) is 103 cm³/mol. The van der Waals surface area contributed by atoms with Crippen molar-refractivity contribution in [2.75, 3.05) is 6.54 Å². The highest BCUT2D eigenvalue weighted by Crippen LogP contribution is 2.25. The molecule has 0 spiro atoms. The van der Waals surface area contributed by atoms with Crippen LogP contribution in [-0.4, -0.2) is 33.4 Å². The Morgan fingerprint density at radius 2 is 2.00 bits per heavy atom. The van der Waals surface area contributed by atoms with Gasteiger partial charge in [-0.2, -0.15) is 13.2 Å². The van der Waals surface area contributed by atoms with Crippen LogP contribution in [0.2, 0.25) is 0 Å². The zero-order valence-corrected chi connectivity index (χ0v) is 17.3. The Morgan fingerprint density at radius 1 is 1.33 bits per heavy atom. The first-order chi connectivity index (χ1) is 12.5. The third-order valence-corrected chi connectivity index (χ3v) is 5.13. The highest BCUT2D eigenvalue weighted by atomic mass is 79.9. The number of hydrogen-bond donors (Lipinski definition) is 1. The summed E-state index contributed by atoms with van der Waals surface area (Å²) in [6.07, 6.45) is -4.48. The van der Waals surface area contributed by atoms with Crippen LogP contribution >= 0.6 is 27.7 Å². The summed E-state index contributed by atoms with van der Waals surface area (Å²) < 4.78 is 39.1. The fourth-order valence-electron chi connectivity index (χ4n) is 2.33. The molecule has 0 bridgehead atoms. The molecule has 1 atom stereocenters. The molecule has 10 heteroatoms. The van der Waals surface area contributed by atoms with E-state index in [4.69, 9.17) is 0 Å². The van der Waals surface area contributed by atoms with Crippen molar-refractivity contribution < 1.29 is 18.0 Å². The molecule has 0 aliphatic carbocycles. The lowest BCUT2D eigenvalue weighted by Gasteiger charge is -2.18. The summed E-state index contributed by atoms with van der Waals surface area (Å²) in [7, 11) is 0. The molecule has 0 saturated heterocycles. The van der Waals surface area contributed by atoms with Gasteiger partial charge in [-0.15, -0.1) is 0 Å². The van der Waals surface area contributed by atoms with Crippen molar-refractivity contribution in [2.24, 2.45) is 5.92 Å². The number of fused-ring (bicyclic) bond motifs is 1. The van der Waals surface area contributed by atoms with E-state index in [9.17, 15) is 22.8 Å². The van der Waals surface area contributed by atoms with Gasteiger partial charge in [-0.05, 0) is 31.0 Å². The number of hydrogen-bond acceptors (Lipinski definition) is 4. The van der Waals surface area contributed by atoms with Gasteiger partial charge in [0.15, 0.2) is 5.16 Å². The molecule has 0 aliphatic heterocycles. The Morgan fingerprint density at radius 3 is 2.59 bits per heavy atom. The fourth-order valence-corrected chi connectivity index (χ4v) is 3.63. The highest BCUT2D eigenvalue weighted by molar-refractivity contribution is 9.10. The Bertz CT molecular complexity index is 899. The second-order valence-electron chi connectivity index (χ2n) is 6.46. The van der Waals surface area contributed by atoms with Crippen LogP contribution < -0.4 is 10.9 Å². The number of nitrogens with one attached hydrogen (secondary N) is 1. The third-order valence-electron chi connectivity index (χ3n) is 3.54. The number of thioether (sulfide) groups is 1. The average molecular weight is 466 g/mol. The Labute approximate surface area is 166 Å². The number of aromatic nitrogens is 2. The number of benzene rings is 1. The summed E-state index contributed by atoms with van der Waals surface area (Å²) >= 11 is 4.29. The van der Waals surface area contributed by atoms with Crippen LogP contribution in [0.4, 0.5) is 13.2 Å². The molecule has 1 N–H and O–H groups in total. The molecule has 27 heavy (non-hydrogen) atoms. The lowest BCUT2D eigenvalue weighted by Crippen LogP contribution is -2.38. The number of rotatable bonds is 6. The molecule has 0 aliphatic rings. The molecule has 1 heterocycles. The first-order valence-electron chi connectivity index (χ1n) is 8.19. The lowest BCUT2D eigenvalue weighted by atomic mass is 10.2. The average Bonchev–Trinajstić information content (AvgIpc) is 2.55. The van der Waals surface area contributed by atoms with E-state index in [0.717, 1.165) is 16.2 Å². The van der Waals surface area contributed by atoms with Crippen LogP contribution in [0.3, 0.4) is 0 Å². The van der Waals surface area contributed by atoms with Crippen LogP contribution in [0, 0.1) is 5.92 Å². The summed E-state index contributed by atoms with van der Waals surface area (Å²) in [6.45, 7) is 4.34. The first-order valence-corrected chi connectivity index (χ1v) is 9.86. The number of alkyl halides is 3. The van der Waals surface area contributed by atoms with Gasteiger partial charge in [0.25, 0.3) is 5.56 Å². The highest BCUT2D eigenvalue weighted by Gasteiger charge is 2.29. The molecule has 0 radical (unpaired) electrons. The number of amides is 1. The zero-order valence-electron chi connectivity index (χ0n) is 14.9. The van der Waals surface area contributed by atoms with Crippen molar-refractivity contribution in [3.8, 4) is 0 Å². The van der Waals surface area contributed by atoms with Gasteiger partial charge in [0.2, 0.25) is 5.91 Å². The molecule has 1 amide bonds. The number of carbonyl (C=O) groups is 1. The van der Waals surface area contributed by atoms with Crippen molar-refractivity contribution in [1.29, 1.82) is 0 Å². The van der Waals surface area contributed by atoms with E-state index in [-0.39, 0.29) is 11.5 Å². The summed E-state index contributed by atoms with van der Waals surface area (Å²) in [6, 6.07) is 5.10. The molecule has 0 fully saturated rings. The first kappa shape index (κ1) is 21.7. The van der Waals surface area contributed by atoms with Gasteiger partial charge >= 0.3 is 6.18 Å². The van der Waals surface area contributed by atoms with Gasteiger partial charge < -0.3 is 5.32 Å². The second-order valence-corrected chi connectivity index (χ2v) is 8.68. The Hall–Kier alpha value is -1.55. The normalized spacial score (nSPS) is 13.2. The lowest BCUT2D eigenvalue weighted by molar-refractivity contribution is -0.137. The summed E-state index contributed by atoms with van der Waals surface area (Å²) in [5, 5.41) is 1.75. The molecule has 5 nitrogen and oxygen atoms in total. The van der Waals surface area contributed by atoms with E-state index in [2.05, 4.69) is 20.9 Å². The fraction of sp³-hybridized carbons (Fsp3) is 0.471. The van der Waals surface area contributed by atoms with E-state index in [1.165, 1.54) is 11.5 Å². The van der Waals surface area contributed by atoms with E-state index in [1.807, 2.05) is 19.2 Å². The van der Waals surface area contributed by atoms with Crippen molar-refractivity contribution in [3.05, 3.63) is 33.0 Å². The largest absolute Gasteiger partial charge is 0.405 e. The van der Waals surface area contributed by atoms with Crippen LogP contribution in [0.25, 0.3) is 10.9 Å². The molecule has 0 saturated carbocycles. The maximum absolute atomic E-state index is 12.9. The molecular formula is C17H19BrF3N3O2S. The Balaban J connectivity index is 2.37. The molecule has 1 aromatic heterocycles. The minimum Gasteiger partial charge on any atom is -0.346 e. The molecule has 148 valence electrons. The Kier molecular flexibility index (Phi) is 6.96. The number of carbonyl (C=O) groups excluding carboxylic acids is 1. The molecule has 2 rings (SSSR count). The van der Waals surface area contributed by atoms with Crippen LogP contribution in [0.1, 0.15) is 20.8 Å². The molecule has 2 aromatic rings. The minimum atomic E-state index is -4.48. The van der Waals surface area contributed by atoms with Crippen molar-refractivity contribution in [3.63, 3.8) is 0 Å². The van der Waals surface area contributed by atoms with Crippen LogP contribution in [-0.2, 0) is 11.3 Å². The third kappa shape index (κ3) is 5.97. The summed E-state index contributed by atoms with van der Waals surface area (Å²) in [5.74, 6) is -0.624. The van der Waals surface area contributed by atoms with Gasteiger partial charge in [-0.25, -0.2) is 4.98 Å². The van der Waals surface area contributed by atoms with Gasteiger partial charge in [-0.1, -0.05) is 41.5 Å². The minimum absolute atomic E-state index is 0.141. The van der Waals surface area contributed by atoms with Crippen molar-refractivity contribution in [1.82, 2.24) is 14.9 Å². The van der Waals surface area contributed by atoms with Crippen molar-refractivity contribution in [2.45, 2.75) is 43.9 Å². The van der Waals surface area contributed by atoms with Crippen LogP contribution in [0.5, 0.6) is 0 Å². The van der Waals surface area contributed by atoms with Crippen LogP contribution in [0.15, 0.2) is 32.6 Å². The van der Waals surface area contributed by atoms with E-state index < -0.39 is 23.9 Å². The zero-order chi connectivity index (χ0) is 20.4. The van der Waals surface area contributed by atoms with E-state index in [0.29, 0.717) is 22.6 Å². The maximum Gasteiger partial charge on any atom is 0.405 e. The summed E-state index contributed by atoms with van der Waals surface area (Å²) in [4.78, 5) is 29.3. The quantitative estimate of drug-likeness (QED) is 0.517. The molecule has 1 unspecified atom stereocenters. The standard InChI is InChI=1S/C17H19BrF3N3O2S/c1-9(2)7-24-15(26)12-6-11(18)4-5-13(12)23-16(24)27-10(3)14(25)22-8-17(19,20)21/h4-6,9-10H,7-8H2,1-3H3,(H,22,25). The smallest absolute Gasteiger partial charge is 0.346 e. The van der Waals surface area contributed by atoms with Crippen molar-refractivity contribution >= 4 is 44.5 Å². The predicted octanol–water partition coefficient (Wildman–Crippen LogP) is 3.97. The molecule has 1 aromatic carbocycles. The number of nitrogens with zero attached hydrogens (tertiary/aromatic N) is 2. The monoisotopic (exact) mass is 465 g/mol. The summed E-state index contributed by atoms with van der Waals surface area (Å²) in [5.41, 5.74) is 0.217. The van der Waals surface area contributed by atoms with E-state index in [1.54, 1.807) is 18.2 Å². The number of halogens is 4.